The van der Waals surface area contributed by atoms with Gasteiger partial charge in [0.25, 0.3) is 0 Å². The first kappa shape index (κ1) is 15.6. The summed E-state index contributed by atoms with van der Waals surface area (Å²) in [6.45, 7) is 3.72. The van der Waals surface area contributed by atoms with Crippen LogP contribution in [0.15, 0.2) is 24.3 Å². The average Bonchev–Trinajstić information content (AvgIpc) is 2.28. The molecule has 1 rings (SSSR count). The molecule has 0 aliphatic rings. The van der Waals surface area contributed by atoms with E-state index < -0.39 is 16.1 Å². The first-order valence-corrected chi connectivity index (χ1v) is 7.56. The van der Waals surface area contributed by atoms with Crippen LogP contribution in [-0.4, -0.2) is 20.4 Å². The molecule has 0 aliphatic carbocycles. The fourth-order valence-electron chi connectivity index (χ4n) is 1.44. The van der Waals surface area contributed by atoms with E-state index in [1.807, 2.05) is 13.8 Å². The van der Waals surface area contributed by atoms with Gasteiger partial charge in [0.15, 0.2) is 0 Å². The molecule has 0 heterocycles. The highest BCUT2D eigenvalue weighted by molar-refractivity contribution is 7.88. The third-order valence-electron chi connectivity index (χ3n) is 2.61. The van der Waals surface area contributed by atoms with Gasteiger partial charge in [0.2, 0.25) is 15.9 Å². The lowest BCUT2D eigenvalue weighted by molar-refractivity contribution is -0.118. The first-order valence-electron chi connectivity index (χ1n) is 5.85. The molecule has 0 saturated carbocycles. The number of nitrogens with two attached hydrogens (primary N) is 2. The van der Waals surface area contributed by atoms with Gasteiger partial charge >= 0.3 is 0 Å². The van der Waals surface area contributed by atoms with Gasteiger partial charge < -0.3 is 11.1 Å². The Kier molecular flexibility index (Phi) is 5.04. The number of rotatable bonds is 5. The molecule has 0 bridgehead atoms. The van der Waals surface area contributed by atoms with Crippen LogP contribution >= 0.6 is 0 Å². The molecule has 1 aromatic rings. The molecule has 1 amide bonds. The number of nitrogens with one attached hydrogen (secondary N) is 1. The van der Waals surface area contributed by atoms with E-state index in [1.165, 1.54) is 0 Å². The van der Waals surface area contributed by atoms with Crippen molar-refractivity contribution in [3.63, 3.8) is 0 Å². The minimum atomic E-state index is -3.55. The quantitative estimate of drug-likeness (QED) is 0.726. The largest absolute Gasteiger partial charge is 0.325 e. The monoisotopic (exact) mass is 285 g/mol. The van der Waals surface area contributed by atoms with Crippen molar-refractivity contribution in [1.29, 1.82) is 0 Å². The lowest BCUT2D eigenvalue weighted by atomic mass is 10.0. The number of carbonyl (C=O) groups excluding carboxylic acids is 1. The average molecular weight is 285 g/mol. The summed E-state index contributed by atoms with van der Waals surface area (Å²) in [5, 5.41) is 7.61. The van der Waals surface area contributed by atoms with Crippen LogP contribution in [0.3, 0.4) is 0 Å². The van der Waals surface area contributed by atoms with Gasteiger partial charge in [-0.1, -0.05) is 26.0 Å². The molecule has 1 aromatic carbocycles. The van der Waals surface area contributed by atoms with Gasteiger partial charge in [0, 0.05) is 5.69 Å². The van der Waals surface area contributed by atoms with Crippen LogP contribution in [0, 0.1) is 5.92 Å². The van der Waals surface area contributed by atoms with E-state index in [0.29, 0.717) is 11.3 Å². The molecule has 1 atom stereocenters. The molecule has 5 N–H and O–H groups in total. The summed E-state index contributed by atoms with van der Waals surface area (Å²) >= 11 is 0. The number of sulfonamides is 1. The Morgan fingerprint density at radius 1 is 1.26 bits per heavy atom. The highest BCUT2D eigenvalue weighted by atomic mass is 32.2. The summed E-state index contributed by atoms with van der Waals surface area (Å²) in [5.74, 6) is -0.455. The van der Waals surface area contributed by atoms with E-state index in [1.54, 1.807) is 24.3 Å². The molecule has 0 aromatic heterocycles. The maximum atomic E-state index is 11.7. The van der Waals surface area contributed by atoms with Crippen LogP contribution in [0.2, 0.25) is 0 Å². The molecule has 0 radical (unpaired) electrons. The van der Waals surface area contributed by atoms with Crippen molar-refractivity contribution in [3.8, 4) is 0 Å². The molecule has 106 valence electrons. The molecule has 19 heavy (non-hydrogen) atoms. The summed E-state index contributed by atoms with van der Waals surface area (Å²) in [7, 11) is -3.55. The predicted octanol–water partition coefficient (Wildman–Crippen LogP) is 0.397. The van der Waals surface area contributed by atoms with E-state index >= 15 is 0 Å². The Labute approximate surface area is 113 Å². The second-order valence-electron chi connectivity index (χ2n) is 4.76. The fourth-order valence-corrected chi connectivity index (χ4v) is 2.10. The Hall–Kier alpha value is -1.44. The predicted molar refractivity (Wildman–Crippen MR) is 74.7 cm³/mol. The molecular weight excluding hydrogens is 266 g/mol. The lowest BCUT2D eigenvalue weighted by Crippen LogP contribution is -2.39. The van der Waals surface area contributed by atoms with Gasteiger partial charge in [-0.3, -0.25) is 4.79 Å². The van der Waals surface area contributed by atoms with Crippen LogP contribution in [0.25, 0.3) is 0 Å². The molecule has 1 unspecified atom stereocenters. The number of hydrogen-bond acceptors (Lipinski definition) is 4. The van der Waals surface area contributed by atoms with Crippen molar-refractivity contribution in [2.45, 2.75) is 25.6 Å². The number of hydrogen-bond donors (Lipinski definition) is 3. The van der Waals surface area contributed by atoms with Gasteiger partial charge in [-0.2, -0.15) is 0 Å². The highest BCUT2D eigenvalue weighted by Gasteiger charge is 2.17. The van der Waals surface area contributed by atoms with Crippen LogP contribution in [0.1, 0.15) is 19.4 Å². The van der Waals surface area contributed by atoms with E-state index in [4.69, 9.17) is 10.9 Å². The summed E-state index contributed by atoms with van der Waals surface area (Å²) in [6.07, 6.45) is 0. The van der Waals surface area contributed by atoms with Crippen LogP contribution in [-0.2, 0) is 20.6 Å². The normalized spacial score (nSPS) is 13.3. The Balaban J connectivity index is 2.70. The van der Waals surface area contributed by atoms with Crippen LogP contribution in [0.5, 0.6) is 0 Å². The zero-order valence-corrected chi connectivity index (χ0v) is 11.8. The smallest absolute Gasteiger partial charge is 0.241 e. The molecular formula is C12H19N3O3S. The molecule has 0 aliphatic heterocycles. The SMILES string of the molecule is CC(C)C(N)C(=O)Nc1ccc(CS(N)(=O)=O)cc1. The lowest BCUT2D eigenvalue weighted by Gasteiger charge is -2.15. The number of carbonyl (C=O) groups is 1. The van der Waals surface area contributed by atoms with Crippen molar-refractivity contribution in [3.05, 3.63) is 29.8 Å². The number of amides is 1. The van der Waals surface area contributed by atoms with E-state index in [9.17, 15) is 13.2 Å². The number of primary sulfonamides is 1. The second-order valence-corrected chi connectivity index (χ2v) is 6.38. The van der Waals surface area contributed by atoms with Gasteiger partial charge in [-0.15, -0.1) is 0 Å². The maximum Gasteiger partial charge on any atom is 0.241 e. The highest BCUT2D eigenvalue weighted by Crippen LogP contribution is 2.12. The Morgan fingerprint density at radius 2 is 1.79 bits per heavy atom. The van der Waals surface area contributed by atoms with Gasteiger partial charge in [0.05, 0.1) is 11.8 Å². The van der Waals surface area contributed by atoms with Crippen molar-refractivity contribution in [1.82, 2.24) is 0 Å². The molecule has 7 heteroatoms. The molecule has 0 fully saturated rings. The van der Waals surface area contributed by atoms with Crippen molar-refractivity contribution in [2.24, 2.45) is 16.8 Å². The standard InChI is InChI=1S/C12H19N3O3S/c1-8(2)11(13)12(16)15-10-5-3-9(4-6-10)7-19(14,17)18/h3-6,8,11H,7,13H2,1-2H3,(H,15,16)(H2,14,17,18). The van der Waals surface area contributed by atoms with Gasteiger partial charge in [-0.05, 0) is 23.6 Å². The summed E-state index contributed by atoms with van der Waals surface area (Å²) in [4.78, 5) is 11.7. The third kappa shape index (κ3) is 5.37. The minimum absolute atomic E-state index is 0.0432. The molecule has 0 spiro atoms. The minimum Gasteiger partial charge on any atom is -0.325 e. The van der Waals surface area contributed by atoms with Gasteiger partial charge in [-0.25, -0.2) is 13.6 Å². The van der Waals surface area contributed by atoms with E-state index in [2.05, 4.69) is 5.32 Å². The maximum absolute atomic E-state index is 11.7. The van der Waals surface area contributed by atoms with Crippen molar-refractivity contribution in [2.75, 3.05) is 5.32 Å². The third-order valence-corrected chi connectivity index (χ3v) is 3.35. The molecule has 6 nitrogen and oxygen atoms in total. The summed E-state index contributed by atoms with van der Waals surface area (Å²) < 4.78 is 21.8. The number of anilines is 1. The van der Waals surface area contributed by atoms with Gasteiger partial charge in [0.1, 0.15) is 0 Å². The summed E-state index contributed by atoms with van der Waals surface area (Å²) in [5.41, 5.74) is 6.85. The van der Waals surface area contributed by atoms with Crippen LogP contribution < -0.4 is 16.2 Å². The van der Waals surface area contributed by atoms with E-state index in [-0.39, 0.29) is 17.6 Å². The first-order chi connectivity index (χ1) is 8.69. The Bertz CT molecular complexity index is 538. The van der Waals surface area contributed by atoms with E-state index in [0.717, 1.165) is 0 Å². The van der Waals surface area contributed by atoms with Crippen molar-refractivity contribution < 1.29 is 13.2 Å². The summed E-state index contributed by atoms with van der Waals surface area (Å²) in [6, 6.07) is 5.85. The van der Waals surface area contributed by atoms with Crippen LogP contribution in [0.4, 0.5) is 5.69 Å². The zero-order valence-electron chi connectivity index (χ0n) is 11.0. The fraction of sp³-hybridized carbons (Fsp3) is 0.417. The topological polar surface area (TPSA) is 115 Å². The zero-order chi connectivity index (χ0) is 14.6. The Morgan fingerprint density at radius 3 is 2.21 bits per heavy atom. The number of benzene rings is 1. The second kappa shape index (κ2) is 6.14. The van der Waals surface area contributed by atoms with Crippen molar-refractivity contribution >= 4 is 21.6 Å². The molecule has 0 saturated heterocycles.